The van der Waals surface area contributed by atoms with Crippen molar-refractivity contribution in [3.8, 4) is 0 Å². The van der Waals surface area contributed by atoms with Gasteiger partial charge in [-0.25, -0.2) is 0 Å². The third-order valence-electron chi connectivity index (χ3n) is 0. The van der Waals surface area contributed by atoms with Gasteiger partial charge in [-0.2, -0.15) is 0 Å². The average Bonchev–Trinajstić information content (AvgIpc) is 1.27. The standard InChI is InChI=1S/C3H10OSi.C2H6O/c1-5(2,3)4;1-3-2/h4H,1-3H3;1-2H3. The van der Waals surface area contributed by atoms with Crippen molar-refractivity contribution in [3.05, 3.63) is 0 Å². The first-order valence-electron chi connectivity index (χ1n) is 2.54. The van der Waals surface area contributed by atoms with E-state index in [1.165, 1.54) is 0 Å². The lowest BCUT2D eigenvalue weighted by Gasteiger charge is -2.00. The summed E-state index contributed by atoms with van der Waals surface area (Å²) in [7, 11) is 1.64. The van der Waals surface area contributed by atoms with Crippen LogP contribution in [0.3, 0.4) is 0 Å². The Morgan fingerprint density at radius 1 is 1.12 bits per heavy atom. The van der Waals surface area contributed by atoms with Crippen molar-refractivity contribution in [1.29, 1.82) is 0 Å². The second kappa shape index (κ2) is 5.28. The van der Waals surface area contributed by atoms with Crippen LogP contribution in [0.4, 0.5) is 0 Å². The van der Waals surface area contributed by atoms with Crippen molar-refractivity contribution < 1.29 is 9.53 Å². The molecule has 0 aromatic carbocycles. The SMILES string of the molecule is COC.C[Si](C)(C)O. The Kier molecular flexibility index (Phi) is 7.26. The molecule has 0 radical (unpaired) electrons. The van der Waals surface area contributed by atoms with E-state index in [0.29, 0.717) is 0 Å². The molecule has 0 aliphatic heterocycles. The van der Waals surface area contributed by atoms with Crippen LogP contribution in [0.5, 0.6) is 0 Å². The number of rotatable bonds is 0. The molecule has 0 heterocycles. The minimum absolute atomic E-state index is 1.61. The number of ether oxygens (including phenoxy) is 1. The van der Waals surface area contributed by atoms with Crippen molar-refractivity contribution in [2.45, 2.75) is 19.6 Å². The normalized spacial score (nSPS) is 9.75. The van der Waals surface area contributed by atoms with Crippen molar-refractivity contribution >= 4 is 8.32 Å². The zero-order valence-electron chi connectivity index (χ0n) is 6.36. The molecule has 0 amide bonds. The minimum Gasteiger partial charge on any atom is -0.433 e. The molecule has 0 bridgehead atoms. The Labute approximate surface area is 52.6 Å². The van der Waals surface area contributed by atoms with Crippen LogP contribution in [-0.2, 0) is 4.74 Å². The molecule has 0 aromatic heterocycles. The van der Waals surface area contributed by atoms with E-state index >= 15 is 0 Å². The van der Waals surface area contributed by atoms with E-state index < -0.39 is 8.32 Å². The molecule has 3 heteroatoms. The van der Waals surface area contributed by atoms with Crippen LogP contribution >= 0.6 is 0 Å². The van der Waals surface area contributed by atoms with Crippen LogP contribution in [0.15, 0.2) is 0 Å². The molecule has 2 nitrogen and oxygen atoms in total. The summed E-state index contributed by atoms with van der Waals surface area (Å²) >= 11 is 0. The van der Waals surface area contributed by atoms with Gasteiger partial charge in [0.15, 0.2) is 8.32 Å². The van der Waals surface area contributed by atoms with Gasteiger partial charge in [-0.3, -0.25) is 0 Å². The van der Waals surface area contributed by atoms with Crippen LogP contribution in [0, 0.1) is 0 Å². The van der Waals surface area contributed by atoms with Crippen molar-refractivity contribution in [2.75, 3.05) is 14.2 Å². The van der Waals surface area contributed by atoms with Gasteiger partial charge < -0.3 is 9.53 Å². The summed E-state index contributed by atoms with van der Waals surface area (Å²) in [5.74, 6) is 0. The largest absolute Gasteiger partial charge is 0.433 e. The smallest absolute Gasteiger partial charge is 0.179 e. The minimum atomic E-state index is -1.61. The molecule has 1 N–H and O–H groups in total. The van der Waals surface area contributed by atoms with E-state index in [0.717, 1.165) is 0 Å². The van der Waals surface area contributed by atoms with E-state index in [4.69, 9.17) is 4.80 Å². The van der Waals surface area contributed by atoms with E-state index in [1.54, 1.807) is 14.2 Å². The highest BCUT2D eigenvalue weighted by Crippen LogP contribution is 1.88. The summed E-state index contributed by atoms with van der Waals surface area (Å²) < 4.78 is 4.25. The van der Waals surface area contributed by atoms with Crippen LogP contribution in [0.25, 0.3) is 0 Å². The molecule has 0 aromatic rings. The molecule has 0 atom stereocenters. The summed E-state index contributed by atoms with van der Waals surface area (Å²) in [4.78, 5) is 8.66. The summed E-state index contributed by atoms with van der Waals surface area (Å²) in [6.07, 6.45) is 0. The summed E-state index contributed by atoms with van der Waals surface area (Å²) in [5, 5.41) is 0. The molecule has 0 unspecified atom stereocenters. The molecule has 0 saturated heterocycles. The van der Waals surface area contributed by atoms with Gasteiger partial charge in [0.1, 0.15) is 0 Å². The molecule has 52 valence electrons. The van der Waals surface area contributed by atoms with Crippen LogP contribution in [-0.4, -0.2) is 27.3 Å². The molecule has 0 saturated carbocycles. The molecular weight excluding hydrogens is 120 g/mol. The Bertz CT molecular complexity index is 34.2. The van der Waals surface area contributed by atoms with Crippen molar-refractivity contribution in [2.24, 2.45) is 0 Å². The number of hydrogen-bond donors (Lipinski definition) is 1. The third kappa shape index (κ3) is 8640. The van der Waals surface area contributed by atoms with Gasteiger partial charge in [0.2, 0.25) is 0 Å². The Hall–Kier alpha value is 0.137. The zero-order valence-corrected chi connectivity index (χ0v) is 7.36. The molecule has 0 fully saturated rings. The van der Waals surface area contributed by atoms with E-state index in [9.17, 15) is 0 Å². The summed E-state index contributed by atoms with van der Waals surface area (Å²) in [6.45, 7) is 5.65. The second-order valence-corrected chi connectivity index (χ2v) is 6.92. The summed E-state index contributed by atoms with van der Waals surface area (Å²) in [6, 6.07) is 0. The molecule has 0 rings (SSSR count). The third-order valence-corrected chi connectivity index (χ3v) is 0. The van der Waals surface area contributed by atoms with Crippen LogP contribution in [0.2, 0.25) is 19.6 Å². The molecule has 0 spiro atoms. The molecular formula is C5H16O2Si. The Morgan fingerprint density at radius 2 is 1.12 bits per heavy atom. The van der Waals surface area contributed by atoms with Gasteiger partial charge in [-0.1, -0.05) is 0 Å². The average molecular weight is 136 g/mol. The van der Waals surface area contributed by atoms with Crippen LogP contribution in [0.1, 0.15) is 0 Å². The second-order valence-electron chi connectivity index (χ2n) is 2.58. The first kappa shape index (κ1) is 11.0. The van der Waals surface area contributed by atoms with Gasteiger partial charge in [0, 0.05) is 14.2 Å². The highest BCUT2D eigenvalue weighted by molar-refractivity contribution is 6.68. The monoisotopic (exact) mass is 136 g/mol. The first-order chi connectivity index (χ1) is 3.41. The quantitative estimate of drug-likeness (QED) is 0.505. The molecule has 8 heavy (non-hydrogen) atoms. The number of hydrogen-bond acceptors (Lipinski definition) is 2. The molecule has 0 aliphatic rings. The fraction of sp³-hybridized carbons (Fsp3) is 1.00. The maximum atomic E-state index is 8.66. The predicted octanol–water partition coefficient (Wildman–Crippen LogP) is 1.08. The van der Waals surface area contributed by atoms with Crippen LogP contribution < -0.4 is 0 Å². The fourth-order valence-corrected chi connectivity index (χ4v) is 0. The van der Waals surface area contributed by atoms with Gasteiger partial charge in [0.25, 0.3) is 0 Å². The lowest BCUT2D eigenvalue weighted by Crippen LogP contribution is -2.17. The van der Waals surface area contributed by atoms with Gasteiger partial charge in [-0.05, 0) is 19.6 Å². The zero-order chi connectivity index (χ0) is 7.21. The lowest BCUT2D eigenvalue weighted by atomic mass is 11.6. The Morgan fingerprint density at radius 3 is 1.12 bits per heavy atom. The van der Waals surface area contributed by atoms with E-state index in [2.05, 4.69) is 4.74 Å². The lowest BCUT2D eigenvalue weighted by molar-refractivity contribution is 0.277. The highest BCUT2D eigenvalue weighted by Gasteiger charge is 2.03. The number of methoxy groups -OCH3 is 1. The van der Waals surface area contributed by atoms with Crippen molar-refractivity contribution in [1.82, 2.24) is 0 Å². The highest BCUT2D eigenvalue weighted by atomic mass is 28.4. The van der Waals surface area contributed by atoms with Gasteiger partial charge in [-0.15, -0.1) is 0 Å². The van der Waals surface area contributed by atoms with Gasteiger partial charge >= 0.3 is 0 Å². The maximum absolute atomic E-state index is 8.66. The predicted molar refractivity (Wildman–Crippen MR) is 38.5 cm³/mol. The first-order valence-corrected chi connectivity index (χ1v) is 5.99. The van der Waals surface area contributed by atoms with E-state index in [-0.39, 0.29) is 0 Å². The maximum Gasteiger partial charge on any atom is 0.179 e. The van der Waals surface area contributed by atoms with Gasteiger partial charge in [0.05, 0.1) is 0 Å². The fourth-order valence-electron chi connectivity index (χ4n) is 0. The molecule has 0 aliphatic carbocycles. The Balaban J connectivity index is 0. The van der Waals surface area contributed by atoms with E-state index in [1.807, 2.05) is 19.6 Å². The topological polar surface area (TPSA) is 29.5 Å². The van der Waals surface area contributed by atoms with Crippen molar-refractivity contribution in [3.63, 3.8) is 0 Å². The summed E-state index contributed by atoms with van der Waals surface area (Å²) in [5.41, 5.74) is 0.